The van der Waals surface area contributed by atoms with Crippen molar-refractivity contribution >= 4 is 21.6 Å². The fourth-order valence-electron chi connectivity index (χ4n) is 1.74. The highest BCUT2D eigenvalue weighted by atomic mass is 79.9. The summed E-state index contributed by atoms with van der Waals surface area (Å²) in [7, 11) is 4.14. The molecular formula is C13H21BrN2. The van der Waals surface area contributed by atoms with Crippen molar-refractivity contribution in [1.82, 2.24) is 5.32 Å². The van der Waals surface area contributed by atoms with Gasteiger partial charge in [0.1, 0.15) is 0 Å². The van der Waals surface area contributed by atoms with E-state index in [1.807, 2.05) is 7.05 Å². The molecule has 90 valence electrons. The maximum Gasteiger partial charge on any atom is 0.0412 e. The second kappa shape index (κ2) is 6.26. The van der Waals surface area contributed by atoms with Crippen LogP contribution in [0.1, 0.15) is 25.8 Å². The molecule has 0 aromatic heterocycles. The van der Waals surface area contributed by atoms with Gasteiger partial charge in [0, 0.05) is 29.8 Å². The van der Waals surface area contributed by atoms with Crippen molar-refractivity contribution in [2.45, 2.75) is 32.9 Å². The molecule has 0 saturated carbocycles. The van der Waals surface area contributed by atoms with Gasteiger partial charge in [0.15, 0.2) is 0 Å². The summed E-state index contributed by atoms with van der Waals surface area (Å²) in [5.41, 5.74) is 2.64. The minimum atomic E-state index is 0.566. The molecule has 1 atom stereocenters. The van der Waals surface area contributed by atoms with E-state index in [1.54, 1.807) is 0 Å². The third-order valence-corrected chi connectivity index (χ3v) is 3.53. The number of anilines is 1. The topological polar surface area (TPSA) is 15.3 Å². The first-order chi connectivity index (χ1) is 7.60. The molecule has 1 aromatic rings. The normalized spacial score (nSPS) is 12.6. The summed E-state index contributed by atoms with van der Waals surface area (Å²) in [6.45, 7) is 5.37. The van der Waals surface area contributed by atoms with Crippen LogP contribution in [0, 0.1) is 0 Å². The van der Waals surface area contributed by atoms with E-state index < -0.39 is 0 Å². The summed E-state index contributed by atoms with van der Waals surface area (Å²) in [6.07, 6.45) is 1.16. The van der Waals surface area contributed by atoms with E-state index >= 15 is 0 Å². The number of rotatable bonds is 5. The van der Waals surface area contributed by atoms with E-state index in [0.717, 1.165) is 17.4 Å². The molecule has 0 aliphatic heterocycles. The molecule has 0 bridgehead atoms. The van der Waals surface area contributed by atoms with Gasteiger partial charge in [-0.3, -0.25) is 0 Å². The molecular weight excluding hydrogens is 264 g/mol. The predicted molar refractivity (Wildman–Crippen MR) is 75.1 cm³/mol. The van der Waals surface area contributed by atoms with E-state index in [-0.39, 0.29) is 0 Å². The molecule has 1 aromatic carbocycles. The molecule has 0 radical (unpaired) electrons. The first kappa shape index (κ1) is 13.5. The lowest BCUT2D eigenvalue weighted by Crippen LogP contribution is -2.29. The molecule has 2 nitrogen and oxygen atoms in total. The molecule has 0 heterocycles. The second-order valence-corrected chi connectivity index (χ2v) is 5.09. The van der Waals surface area contributed by atoms with Crippen molar-refractivity contribution in [2.75, 3.05) is 19.0 Å². The Hall–Kier alpha value is -0.540. The van der Waals surface area contributed by atoms with Crippen LogP contribution < -0.4 is 10.2 Å². The van der Waals surface area contributed by atoms with Gasteiger partial charge in [-0.15, -0.1) is 0 Å². The van der Waals surface area contributed by atoms with Gasteiger partial charge in [0.05, 0.1) is 0 Å². The quantitative estimate of drug-likeness (QED) is 0.892. The predicted octanol–water partition coefficient (Wildman–Crippen LogP) is 3.40. The molecule has 0 aliphatic carbocycles. The molecule has 0 amide bonds. The van der Waals surface area contributed by atoms with Crippen LogP contribution in [-0.2, 0) is 6.54 Å². The minimum absolute atomic E-state index is 0.566. The fourth-order valence-corrected chi connectivity index (χ4v) is 2.15. The highest BCUT2D eigenvalue weighted by molar-refractivity contribution is 9.10. The molecule has 1 unspecified atom stereocenters. The number of benzene rings is 1. The summed E-state index contributed by atoms with van der Waals surface area (Å²) >= 11 is 3.52. The SMILES string of the molecule is CCC(C)N(C)c1ccc(Br)cc1CNC. The lowest BCUT2D eigenvalue weighted by molar-refractivity contribution is 0.658. The third kappa shape index (κ3) is 3.22. The first-order valence-corrected chi connectivity index (χ1v) is 6.55. The minimum Gasteiger partial charge on any atom is -0.372 e. The largest absolute Gasteiger partial charge is 0.372 e. The zero-order chi connectivity index (χ0) is 12.1. The lowest BCUT2D eigenvalue weighted by atomic mass is 10.1. The lowest BCUT2D eigenvalue weighted by Gasteiger charge is -2.28. The van der Waals surface area contributed by atoms with Crippen LogP contribution in [0.25, 0.3) is 0 Å². The van der Waals surface area contributed by atoms with Crippen LogP contribution >= 0.6 is 15.9 Å². The van der Waals surface area contributed by atoms with Crippen molar-refractivity contribution in [2.24, 2.45) is 0 Å². The van der Waals surface area contributed by atoms with Crippen LogP contribution in [-0.4, -0.2) is 20.1 Å². The summed E-state index contributed by atoms with van der Waals surface area (Å²) in [5, 5.41) is 3.22. The Morgan fingerprint density at radius 1 is 1.44 bits per heavy atom. The second-order valence-electron chi connectivity index (χ2n) is 4.17. The zero-order valence-corrected chi connectivity index (χ0v) is 12.1. The average molecular weight is 285 g/mol. The van der Waals surface area contributed by atoms with Gasteiger partial charge in [-0.1, -0.05) is 22.9 Å². The maximum absolute atomic E-state index is 3.52. The Labute approximate surface area is 107 Å². The van der Waals surface area contributed by atoms with E-state index in [2.05, 4.69) is 65.2 Å². The Balaban J connectivity index is 3.01. The van der Waals surface area contributed by atoms with Gasteiger partial charge in [-0.2, -0.15) is 0 Å². The van der Waals surface area contributed by atoms with Crippen molar-refractivity contribution in [1.29, 1.82) is 0 Å². The van der Waals surface area contributed by atoms with Gasteiger partial charge >= 0.3 is 0 Å². The zero-order valence-electron chi connectivity index (χ0n) is 10.5. The first-order valence-electron chi connectivity index (χ1n) is 5.76. The highest BCUT2D eigenvalue weighted by Gasteiger charge is 2.11. The highest BCUT2D eigenvalue weighted by Crippen LogP contribution is 2.25. The molecule has 0 fully saturated rings. The van der Waals surface area contributed by atoms with E-state index in [1.165, 1.54) is 11.3 Å². The van der Waals surface area contributed by atoms with Crippen molar-refractivity contribution in [3.05, 3.63) is 28.2 Å². The third-order valence-electron chi connectivity index (χ3n) is 3.04. The summed E-state index contributed by atoms with van der Waals surface area (Å²) < 4.78 is 1.14. The molecule has 0 aliphatic rings. The Morgan fingerprint density at radius 2 is 2.12 bits per heavy atom. The van der Waals surface area contributed by atoms with Crippen molar-refractivity contribution < 1.29 is 0 Å². The standard InChI is InChI=1S/C13H21BrN2/c1-5-10(2)16(4)13-7-6-12(14)8-11(13)9-15-3/h6-8,10,15H,5,9H2,1-4H3. The van der Waals surface area contributed by atoms with Gasteiger partial charge < -0.3 is 10.2 Å². The van der Waals surface area contributed by atoms with E-state index in [0.29, 0.717) is 6.04 Å². The molecule has 1 N–H and O–H groups in total. The maximum atomic E-state index is 3.52. The van der Waals surface area contributed by atoms with Gasteiger partial charge in [0.2, 0.25) is 0 Å². The Kier molecular flexibility index (Phi) is 5.29. The summed E-state index contributed by atoms with van der Waals surface area (Å²) in [4.78, 5) is 2.35. The smallest absolute Gasteiger partial charge is 0.0412 e. The molecule has 1 rings (SSSR count). The number of hydrogen-bond acceptors (Lipinski definition) is 2. The number of nitrogens with zero attached hydrogens (tertiary/aromatic N) is 1. The van der Waals surface area contributed by atoms with Gasteiger partial charge in [0.25, 0.3) is 0 Å². The van der Waals surface area contributed by atoms with E-state index in [9.17, 15) is 0 Å². The van der Waals surface area contributed by atoms with Gasteiger partial charge in [-0.05, 0) is 44.2 Å². The van der Waals surface area contributed by atoms with E-state index in [4.69, 9.17) is 0 Å². The van der Waals surface area contributed by atoms with Crippen LogP contribution in [0.15, 0.2) is 22.7 Å². The number of halogens is 1. The fraction of sp³-hybridized carbons (Fsp3) is 0.538. The van der Waals surface area contributed by atoms with Crippen LogP contribution in [0.2, 0.25) is 0 Å². The summed E-state index contributed by atoms with van der Waals surface area (Å²) in [6, 6.07) is 7.04. The summed E-state index contributed by atoms with van der Waals surface area (Å²) in [5.74, 6) is 0. The molecule has 3 heteroatoms. The number of hydrogen-bond donors (Lipinski definition) is 1. The van der Waals surface area contributed by atoms with Gasteiger partial charge in [-0.25, -0.2) is 0 Å². The molecule has 0 spiro atoms. The van der Waals surface area contributed by atoms with Crippen LogP contribution in [0.5, 0.6) is 0 Å². The average Bonchev–Trinajstić information content (AvgIpc) is 2.28. The van der Waals surface area contributed by atoms with Crippen LogP contribution in [0.4, 0.5) is 5.69 Å². The van der Waals surface area contributed by atoms with Crippen LogP contribution in [0.3, 0.4) is 0 Å². The Morgan fingerprint density at radius 3 is 2.69 bits per heavy atom. The number of nitrogens with one attached hydrogen (secondary N) is 1. The molecule has 0 saturated heterocycles. The Bertz CT molecular complexity index is 339. The molecule has 16 heavy (non-hydrogen) atoms. The van der Waals surface area contributed by atoms with Crippen molar-refractivity contribution in [3.8, 4) is 0 Å². The van der Waals surface area contributed by atoms with Crippen molar-refractivity contribution in [3.63, 3.8) is 0 Å². The monoisotopic (exact) mass is 284 g/mol.